The van der Waals surface area contributed by atoms with E-state index in [2.05, 4.69) is 10.3 Å². The summed E-state index contributed by atoms with van der Waals surface area (Å²) < 4.78 is 15.2. The lowest BCUT2D eigenvalue weighted by molar-refractivity contribution is 0.112. The standard InChI is InChI=1S/C19H21FN4O/c1-13(23-17-3-2-4-17)15(10-21)11-24-8-7-22-19(24)18-6-5-16(20)9-14(18)12-25/h5-10,12,17,21,23H,2-4,11H2,1H3/b15-13+,21-10?. The van der Waals surface area contributed by atoms with Gasteiger partial charge in [-0.05, 0) is 44.4 Å². The normalized spacial score (nSPS) is 15.3. The van der Waals surface area contributed by atoms with Crippen LogP contribution in [0.2, 0.25) is 0 Å². The number of carbonyl (C=O) groups excluding carboxylic acids is 1. The molecule has 1 saturated carbocycles. The minimum atomic E-state index is -0.454. The Balaban J connectivity index is 1.89. The van der Waals surface area contributed by atoms with Crippen molar-refractivity contribution in [1.82, 2.24) is 14.9 Å². The number of nitrogens with one attached hydrogen (secondary N) is 2. The Hall–Kier alpha value is -2.76. The topological polar surface area (TPSA) is 70.8 Å². The van der Waals surface area contributed by atoms with Gasteiger partial charge in [-0.2, -0.15) is 0 Å². The molecular formula is C19H21FN4O. The molecule has 0 unspecified atom stereocenters. The fourth-order valence-corrected chi connectivity index (χ4v) is 2.92. The zero-order valence-electron chi connectivity index (χ0n) is 14.1. The van der Waals surface area contributed by atoms with Crippen LogP contribution in [-0.2, 0) is 6.54 Å². The van der Waals surface area contributed by atoms with Crippen molar-refractivity contribution in [1.29, 1.82) is 5.41 Å². The molecule has 2 N–H and O–H groups in total. The highest BCUT2D eigenvalue weighted by atomic mass is 19.1. The van der Waals surface area contributed by atoms with Gasteiger partial charge >= 0.3 is 0 Å². The fraction of sp³-hybridized carbons (Fsp3) is 0.316. The largest absolute Gasteiger partial charge is 0.386 e. The second-order valence-electron chi connectivity index (χ2n) is 6.29. The van der Waals surface area contributed by atoms with Crippen molar-refractivity contribution in [3.63, 3.8) is 0 Å². The first kappa shape index (κ1) is 17.1. The zero-order valence-corrected chi connectivity index (χ0v) is 14.1. The molecule has 0 bridgehead atoms. The molecule has 0 saturated heterocycles. The number of rotatable bonds is 7. The van der Waals surface area contributed by atoms with Gasteiger partial charge in [-0.15, -0.1) is 0 Å². The molecule has 0 radical (unpaired) electrons. The predicted molar refractivity (Wildman–Crippen MR) is 95.3 cm³/mol. The van der Waals surface area contributed by atoms with Gasteiger partial charge in [0, 0.05) is 47.0 Å². The number of aldehydes is 1. The molecule has 3 rings (SSSR count). The van der Waals surface area contributed by atoms with Crippen molar-refractivity contribution in [2.75, 3.05) is 0 Å². The van der Waals surface area contributed by atoms with Crippen molar-refractivity contribution >= 4 is 12.5 Å². The maximum atomic E-state index is 13.4. The summed E-state index contributed by atoms with van der Waals surface area (Å²) in [6, 6.07) is 4.58. The summed E-state index contributed by atoms with van der Waals surface area (Å²) in [6.07, 6.45) is 8.99. The lowest BCUT2D eigenvalue weighted by atomic mass is 9.93. The molecule has 1 aliphatic carbocycles. The lowest BCUT2D eigenvalue weighted by Crippen LogP contribution is -2.34. The molecular weight excluding hydrogens is 319 g/mol. The van der Waals surface area contributed by atoms with Crippen LogP contribution < -0.4 is 5.32 Å². The van der Waals surface area contributed by atoms with Crippen LogP contribution in [0.15, 0.2) is 41.9 Å². The summed E-state index contributed by atoms with van der Waals surface area (Å²) in [5.74, 6) is 0.127. The van der Waals surface area contributed by atoms with E-state index in [1.165, 1.54) is 24.8 Å². The Morgan fingerprint density at radius 2 is 2.28 bits per heavy atom. The van der Waals surface area contributed by atoms with Gasteiger partial charge in [0.2, 0.25) is 0 Å². The Bertz CT molecular complexity index is 821. The number of aromatic nitrogens is 2. The molecule has 1 aromatic carbocycles. The maximum absolute atomic E-state index is 13.4. The van der Waals surface area contributed by atoms with Gasteiger partial charge in [0.15, 0.2) is 6.29 Å². The van der Waals surface area contributed by atoms with E-state index in [0.717, 1.165) is 24.1 Å². The molecule has 1 aromatic heterocycles. The Labute approximate surface area is 146 Å². The molecule has 1 aliphatic rings. The van der Waals surface area contributed by atoms with Crippen LogP contribution in [0.5, 0.6) is 0 Å². The van der Waals surface area contributed by atoms with E-state index in [-0.39, 0.29) is 5.56 Å². The van der Waals surface area contributed by atoms with Crippen LogP contribution in [0, 0.1) is 11.2 Å². The van der Waals surface area contributed by atoms with Crippen LogP contribution >= 0.6 is 0 Å². The third-order valence-corrected chi connectivity index (χ3v) is 4.62. The number of imidazole rings is 1. The first-order valence-electron chi connectivity index (χ1n) is 8.35. The summed E-state index contributed by atoms with van der Waals surface area (Å²) in [7, 11) is 0. The van der Waals surface area contributed by atoms with E-state index in [9.17, 15) is 9.18 Å². The first-order valence-corrected chi connectivity index (χ1v) is 8.35. The smallest absolute Gasteiger partial charge is 0.150 e. The van der Waals surface area contributed by atoms with Gasteiger partial charge in [0.05, 0.1) is 6.54 Å². The van der Waals surface area contributed by atoms with E-state index in [1.807, 2.05) is 11.5 Å². The van der Waals surface area contributed by atoms with Crippen LogP contribution in [0.25, 0.3) is 11.4 Å². The summed E-state index contributed by atoms with van der Waals surface area (Å²) in [5.41, 5.74) is 2.67. The molecule has 0 atom stereocenters. The highest BCUT2D eigenvalue weighted by Gasteiger charge is 2.18. The zero-order chi connectivity index (χ0) is 17.8. The number of carbonyl (C=O) groups is 1. The van der Waals surface area contributed by atoms with E-state index in [1.54, 1.807) is 18.5 Å². The number of halogens is 1. The highest BCUT2D eigenvalue weighted by molar-refractivity contribution is 5.86. The van der Waals surface area contributed by atoms with Gasteiger partial charge in [-0.3, -0.25) is 4.79 Å². The molecule has 1 fully saturated rings. The second kappa shape index (κ2) is 7.42. The maximum Gasteiger partial charge on any atom is 0.150 e. The fourth-order valence-electron chi connectivity index (χ4n) is 2.92. The summed E-state index contributed by atoms with van der Waals surface area (Å²) in [6.45, 7) is 2.43. The van der Waals surface area contributed by atoms with Gasteiger partial charge in [0.1, 0.15) is 11.6 Å². The number of allylic oxidation sites excluding steroid dienone is 2. The molecule has 5 nitrogen and oxygen atoms in total. The highest BCUT2D eigenvalue weighted by Crippen LogP contribution is 2.24. The molecule has 2 aromatic rings. The van der Waals surface area contributed by atoms with E-state index >= 15 is 0 Å². The summed E-state index contributed by atoms with van der Waals surface area (Å²) in [4.78, 5) is 15.6. The Morgan fingerprint density at radius 3 is 2.92 bits per heavy atom. The summed E-state index contributed by atoms with van der Waals surface area (Å²) in [5, 5.41) is 11.2. The Morgan fingerprint density at radius 1 is 1.48 bits per heavy atom. The minimum Gasteiger partial charge on any atom is -0.386 e. The van der Waals surface area contributed by atoms with Crippen LogP contribution in [0.3, 0.4) is 0 Å². The lowest BCUT2D eigenvalue weighted by Gasteiger charge is -2.28. The number of benzene rings is 1. The quantitative estimate of drug-likeness (QED) is 0.598. The molecule has 25 heavy (non-hydrogen) atoms. The van der Waals surface area contributed by atoms with Gasteiger partial charge in [-0.25, -0.2) is 9.37 Å². The van der Waals surface area contributed by atoms with Crippen molar-refractivity contribution in [3.8, 4) is 11.4 Å². The monoisotopic (exact) mass is 340 g/mol. The van der Waals surface area contributed by atoms with Gasteiger partial charge in [0.25, 0.3) is 0 Å². The molecule has 0 aliphatic heterocycles. The average Bonchev–Trinajstić information content (AvgIpc) is 3.03. The first-order chi connectivity index (χ1) is 12.1. The van der Waals surface area contributed by atoms with Crippen molar-refractivity contribution < 1.29 is 9.18 Å². The third-order valence-electron chi connectivity index (χ3n) is 4.62. The third kappa shape index (κ3) is 3.68. The van der Waals surface area contributed by atoms with Gasteiger partial charge in [-0.1, -0.05) is 0 Å². The minimum absolute atomic E-state index is 0.261. The van der Waals surface area contributed by atoms with Crippen LogP contribution in [-0.4, -0.2) is 28.1 Å². The van der Waals surface area contributed by atoms with Crippen LogP contribution in [0.1, 0.15) is 36.5 Å². The summed E-state index contributed by atoms with van der Waals surface area (Å²) >= 11 is 0. The van der Waals surface area contributed by atoms with Gasteiger partial charge < -0.3 is 15.3 Å². The van der Waals surface area contributed by atoms with E-state index in [4.69, 9.17) is 5.41 Å². The SMILES string of the molecule is C/C(NC1CCC1)=C(/C=N)Cn1ccnc1-c1ccc(F)cc1C=O. The number of hydrogen-bond donors (Lipinski definition) is 2. The molecule has 0 amide bonds. The van der Waals surface area contributed by atoms with E-state index in [0.29, 0.717) is 30.3 Å². The van der Waals surface area contributed by atoms with Crippen molar-refractivity contribution in [2.24, 2.45) is 0 Å². The van der Waals surface area contributed by atoms with Crippen molar-refractivity contribution in [2.45, 2.75) is 38.8 Å². The molecule has 130 valence electrons. The molecule has 6 heteroatoms. The Kier molecular flexibility index (Phi) is 5.07. The number of hydrogen-bond acceptors (Lipinski definition) is 4. The predicted octanol–water partition coefficient (Wildman–Crippen LogP) is 3.57. The van der Waals surface area contributed by atoms with E-state index < -0.39 is 5.82 Å². The average molecular weight is 340 g/mol. The van der Waals surface area contributed by atoms with Crippen molar-refractivity contribution in [3.05, 3.63) is 53.2 Å². The second-order valence-corrected chi connectivity index (χ2v) is 6.29. The number of nitrogens with zero attached hydrogens (tertiary/aromatic N) is 2. The molecule has 0 spiro atoms. The molecule has 1 heterocycles. The van der Waals surface area contributed by atoms with Crippen LogP contribution in [0.4, 0.5) is 4.39 Å².